The molecular formula is C12H24N2O2. The number of nitrogens with two attached hydrogens (primary N) is 1. The van der Waals surface area contributed by atoms with Crippen molar-refractivity contribution in [2.24, 2.45) is 11.1 Å². The molecule has 0 aromatic rings. The first-order chi connectivity index (χ1) is 7.60. The summed E-state index contributed by atoms with van der Waals surface area (Å²) in [5, 5.41) is 12.0. The lowest BCUT2D eigenvalue weighted by molar-refractivity contribution is -0.131. The van der Waals surface area contributed by atoms with Gasteiger partial charge in [-0.25, -0.2) is 0 Å². The van der Waals surface area contributed by atoms with Crippen molar-refractivity contribution < 1.29 is 9.90 Å². The first kappa shape index (κ1) is 13.5. The van der Waals surface area contributed by atoms with Gasteiger partial charge in [0.2, 0.25) is 5.91 Å². The third-order valence-electron chi connectivity index (χ3n) is 3.49. The van der Waals surface area contributed by atoms with Gasteiger partial charge in [-0.15, -0.1) is 0 Å². The van der Waals surface area contributed by atoms with E-state index in [0.717, 1.165) is 25.7 Å². The highest BCUT2D eigenvalue weighted by atomic mass is 16.3. The van der Waals surface area contributed by atoms with Crippen LogP contribution in [-0.2, 0) is 4.79 Å². The van der Waals surface area contributed by atoms with Gasteiger partial charge in [0.1, 0.15) is 0 Å². The zero-order valence-electron chi connectivity index (χ0n) is 10.2. The van der Waals surface area contributed by atoms with Gasteiger partial charge < -0.3 is 16.2 Å². The average molecular weight is 228 g/mol. The van der Waals surface area contributed by atoms with E-state index < -0.39 is 6.10 Å². The number of carbonyl (C=O) groups excluding carboxylic acids is 1. The Morgan fingerprint density at radius 2 is 1.94 bits per heavy atom. The number of amides is 1. The molecule has 1 fully saturated rings. The van der Waals surface area contributed by atoms with Crippen LogP contribution in [0.15, 0.2) is 0 Å². The van der Waals surface area contributed by atoms with Gasteiger partial charge in [-0.1, -0.05) is 25.7 Å². The first-order valence-electron chi connectivity index (χ1n) is 6.27. The summed E-state index contributed by atoms with van der Waals surface area (Å²) in [5.74, 6) is 0.0257. The van der Waals surface area contributed by atoms with Gasteiger partial charge in [0.25, 0.3) is 0 Å². The van der Waals surface area contributed by atoms with Crippen LogP contribution in [0.4, 0.5) is 0 Å². The van der Waals surface area contributed by atoms with E-state index in [-0.39, 0.29) is 11.3 Å². The smallest absolute Gasteiger partial charge is 0.227 e. The van der Waals surface area contributed by atoms with Crippen molar-refractivity contribution in [1.82, 2.24) is 5.32 Å². The number of carbonyl (C=O) groups is 1. The Morgan fingerprint density at radius 1 is 1.38 bits per heavy atom. The van der Waals surface area contributed by atoms with Gasteiger partial charge >= 0.3 is 0 Å². The van der Waals surface area contributed by atoms with Crippen molar-refractivity contribution in [3.05, 3.63) is 0 Å². The highest BCUT2D eigenvalue weighted by Crippen LogP contribution is 2.34. The quantitative estimate of drug-likeness (QED) is 0.622. The molecule has 4 N–H and O–H groups in total. The Kier molecular flexibility index (Phi) is 5.22. The molecule has 0 aromatic heterocycles. The Hall–Kier alpha value is -0.610. The second-order valence-electron chi connectivity index (χ2n) is 4.96. The number of aliphatic hydroxyl groups is 1. The fourth-order valence-electron chi connectivity index (χ4n) is 2.36. The van der Waals surface area contributed by atoms with E-state index in [2.05, 4.69) is 5.32 Å². The van der Waals surface area contributed by atoms with Gasteiger partial charge in [-0.3, -0.25) is 4.79 Å². The molecular weight excluding hydrogens is 204 g/mol. The van der Waals surface area contributed by atoms with Crippen LogP contribution in [0.25, 0.3) is 0 Å². The largest absolute Gasteiger partial charge is 0.392 e. The second kappa shape index (κ2) is 6.21. The second-order valence-corrected chi connectivity index (χ2v) is 4.96. The number of hydrogen-bond acceptors (Lipinski definition) is 3. The highest BCUT2D eigenvalue weighted by Gasteiger charge is 2.36. The predicted molar refractivity (Wildman–Crippen MR) is 63.9 cm³/mol. The molecule has 0 heterocycles. The third kappa shape index (κ3) is 3.46. The summed E-state index contributed by atoms with van der Waals surface area (Å²) in [6.45, 7) is 2.40. The SMILES string of the molecule is CC(O)CNC(=O)C1(CN)CCCCCC1. The molecule has 0 aromatic carbocycles. The van der Waals surface area contributed by atoms with Crippen molar-refractivity contribution in [2.45, 2.75) is 51.6 Å². The Morgan fingerprint density at radius 3 is 2.38 bits per heavy atom. The molecule has 16 heavy (non-hydrogen) atoms. The van der Waals surface area contributed by atoms with E-state index in [4.69, 9.17) is 10.8 Å². The minimum absolute atomic E-state index is 0.0257. The van der Waals surface area contributed by atoms with Crippen LogP contribution < -0.4 is 11.1 Å². The van der Waals surface area contributed by atoms with Crippen molar-refractivity contribution in [2.75, 3.05) is 13.1 Å². The Labute approximate surface area is 97.6 Å². The fraction of sp³-hybridized carbons (Fsp3) is 0.917. The van der Waals surface area contributed by atoms with E-state index in [1.165, 1.54) is 12.8 Å². The van der Waals surface area contributed by atoms with Gasteiger partial charge in [-0.2, -0.15) is 0 Å². The van der Waals surface area contributed by atoms with Crippen molar-refractivity contribution in [3.63, 3.8) is 0 Å². The molecule has 1 atom stereocenters. The topological polar surface area (TPSA) is 75.3 Å². The van der Waals surface area contributed by atoms with Crippen molar-refractivity contribution in [3.8, 4) is 0 Å². The lowest BCUT2D eigenvalue weighted by atomic mass is 9.79. The van der Waals surface area contributed by atoms with Gasteiger partial charge in [0.15, 0.2) is 0 Å². The van der Waals surface area contributed by atoms with Crippen LogP contribution in [0.5, 0.6) is 0 Å². The van der Waals surface area contributed by atoms with E-state index in [9.17, 15) is 4.79 Å². The van der Waals surface area contributed by atoms with Crippen molar-refractivity contribution >= 4 is 5.91 Å². The molecule has 0 aliphatic heterocycles. The van der Waals surface area contributed by atoms with Crippen LogP contribution in [-0.4, -0.2) is 30.2 Å². The maximum Gasteiger partial charge on any atom is 0.227 e. The summed E-state index contributed by atoms with van der Waals surface area (Å²) >= 11 is 0. The summed E-state index contributed by atoms with van der Waals surface area (Å²) in [7, 11) is 0. The van der Waals surface area contributed by atoms with Crippen LogP contribution in [0.2, 0.25) is 0 Å². The number of rotatable bonds is 4. The summed E-state index contributed by atoms with van der Waals surface area (Å²) in [4.78, 5) is 12.1. The number of nitrogens with one attached hydrogen (secondary N) is 1. The molecule has 0 bridgehead atoms. The van der Waals surface area contributed by atoms with E-state index in [0.29, 0.717) is 13.1 Å². The lowest BCUT2D eigenvalue weighted by Gasteiger charge is -2.30. The lowest BCUT2D eigenvalue weighted by Crippen LogP contribution is -2.47. The molecule has 1 rings (SSSR count). The molecule has 94 valence electrons. The Balaban J connectivity index is 2.58. The zero-order valence-corrected chi connectivity index (χ0v) is 10.2. The standard InChI is InChI=1S/C12H24N2O2/c1-10(15)8-14-11(16)12(9-13)6-4-2-3-5-7-12/h10,15H,2-9,13H2,1H3,(H,14,16). The molecule has 1 saturated carbocycles. The molecule has 1 aliphatic carbocycles. The predicted octanol–water partition coefficient (Wildman–Crippen LogP) is 0.783. The first-order valence-corrected chi connectivity index (χ1v) is 6.27. The zero-order chi connectivity index (χ0) is 12.0. The van der Waals surface area contributed by atoms with Gasteiger partial charge in [-0.05, 0) is 19.8 Å². The summed E-state index contributed by atoms with van der Waals surface area (Å²) in [6, 6.07) is 0. The number of hydrogen-bond donors (Lipinski definition) is 3. The van der Waals surface area contributed by atoms with Crippen LogP contribution in [0, 0.1) is 5.41 Å². The summed E-state index contributed by atoms with van der Waals surface area (Å²) in [6.07, 6.45) is 5.84. The molecule has 0 saturated heterocycles. The van der Waals surface area contributed by atoms with Crippen LogP contribution in [0.1, 0.15) is 45.4 Å². The Bertz CT molecular complexity index is 221. The summed E-state index contributed by atoms with van der Waals surface area (Å²) in [5.41, 5.74) is 5.41. The monoisotopic (exact) mass is 228 g/mol. The van der Waals surface area contributed by atoms with Gasteiger partial charge in [0, 0.05) is 13.1 Å². The van der Waals surface area contributed by atoms with Crippen LogP contribution >= 0.6 is 0 Å². The summed E-state index contributed by atoms with van der Waals surface area (Å²) < 4.78 is 0. The van der Waals surface area contributed by atoms with Crippen LogP contribution in [0.3, 0.4) is 0 Å². The molecule has 1 unspecified atom stereocenters. The fourth-order valence-corrected chi connectivity index (χ4v) is 2.36. The number of aliphatic hydroxyl groups excluding tert-OH is 1. The normalized spacial score (nSPS) is 22.2. The van der Waals surface area contributed by atoms with Gasteiger partial charge in [0.05, 0.1) is 11.5 Å². The molecule has 0 spiro atoms. The van der Waals surface area contributed by atoms with E-state index in [1.54, 1.807) is 6.92 Å². The average Bonchev–Trinajstić information content (AvgIpc) is 2.51. The maximum atomic E-state index is 12.1. The van der Waals surface area contributed by atoms with E-state index >= 15 is 0 Å². The molecule has 0 radical (unpaired) electrons. The molecule has 1 aliphatic rings. The minimum Gasteiger partial charge on any atom is -0.392 e. The molecule has 4 heteroatoms. The molecule has 1 amide bonds. The highest BCUT2D eigenvalue weighted by molar-refractivity contribution is 5.82. The maximum absolute atomic E-state index is 12.1. The molecule has 4 nitrogen and oxygen atoms in total. The van der Waals surface area contributed by atoms with Crippen molar-refractivity contribution in [1.29, 1.82) is 0 Å². The minimum atomic E-state index is -0.496. The van der Waals surface area contributed by atoms with E-state index in [1.807, 2.05) is 0 Å². The third-order valence-corrected chi connectivity index (χ3v) is 3.49.